The first-order valence-corrected chi connectivity index (χ1v) is 4.32. The van der Waals surface area contributed by atoms with Crippen LogP contribution in [-0.2, 0) is 0 Å². The van der Waals surface area contributed by atoms with Gasteiger partial charge in [-0.05, 0) is 13.3 Å². The fourth-order valence-corrected chi connectivity index (χ4v) is 1.38. The maximum atomic E-state index is 9.22. The summed E-state index contributed by atoms with van der Waals surface area (Å²) in [5, 5.41) is 18.4. The molecule has 3 nitrogen and oxygen atoms in total. The van der Waals surface area contributed by atoms with Crippen LogP contribution in [0.15, 0.2) is 12.2 Å². The minimum absolute atomic E-state index is 0.560. The third-order valence-corrected chi connectivity index (χ3v) is 2.19. The zero-order valence-corrected chi connectivity index (χ0v) is 7.53. The quantitative estimate of drug-likeness (QED) is 0.587. The Morgan fingerprint density at radius 2 is 1.92 bits per heavy atom. The SMILES string of the molecule is C=C(C)CCN1CC(O)C(O)C1. The standard InChI is InChI=1S/C9H17NO2/c1-7(2)3-4-10-5-8(11)9(12)6-10/h8-9,11-12H,1,3-6H2,2H3. The summed E-state index contributed by atoms with van der Waals surface area (Å²) < 4.78 is 0. The van der Waals surface area contributed by atoms with Crippen LogP contribution in [0.4, 0.5) is 0 Å². The van der Waals surface area contributed by atoms with Gasteiger partial charge in [-0.25, -0.2) is 0 Å². The van der Waals surface area contributed by atoms with Crippen LogP contribution in [0.25, 0.3) is 0 Å². The maximum Gasteiger partial charge on any atom is 0.0938 e. The van der Waals surface area contributed by atoms with Gasteiger partial charge in [0.1, 0.15) is 0 Å². The molecule has 0 aliphatic carbocycles. The van der Waals surface area contributed by atoms with Crippen molar-refractivity contribution < 1.29 is 10.2 Å². The van der Waals surface area contributed by atoms with E-state index in [4.69, 9.17) is 0 Å². The Morgan fingerprint density at radius 1 is 1.42 bits per heavy atom. The van der Waals surface area contributed by atoms with Crippen molar-refractivity contribution in [2.24, 2.45) is 0 Å². The molecule has 0 spiro atoms. The Bertz CT molecular complexity index is 160. The van der Waals surface area contributed by atoms with Crippen molar-refractivity contribution in [2.45, 2.75) is 25.6 Å². The highest BCUT2D eigenvalue weighted by atomic mass is 16.3. The number of hydrogen-bond donors (Lipinski definition) is 2. The molecule has 0 radical (unpaired) electrons. The Labute approximate surface area is 73.3 Å². The third-order valence-electron chi connectivity index (χ3n) is 2.19. The van der Waals surface area contributed by atoms with Gasteiger partial charge in [0.2, 0.25) is 0 Å². The van der Waals surface area contributed by atoms with E-state index in [1.807, 2.05) is 6.92 Å². The first kappa shape index (κ1) is 9.71. The Hall–Kier alpha value is -0.380. The second-order valence-corrected chi connectivity index (χ2v) is 3.60. The van der Waals surface area contributed by atoms with Crippen LogP contribution in [0.1, 0.15) is 13.3 Å². The van der Waals surface area contributed by atoms with Crippen molar-refractivity contribution in [2.75, 3.05) is 19.6 Å². The van der Waals surface area contributed by atoms with Gasteiger partial charge in [0.05, 0.1) is 12.2 Å². The molecule has 1 heterocycles. The van der Waals surface area contributed by atoms with Gasteiger partial charge in [0, 0.05) is 19.6 Å². The Balaban J connectivity index is 2.23. The molecule has 2 unspecified atom stereocenters. The number of rotatable bonds is 3. The van der Waals surface area contributed by atoms with E-state index in [-0.39, 0.29) is 0 Å². The first-order valence-electron chi connectivity index (χ1n) is 4.32. The van der Waals surface area contributed by atoms with Crippen molar-refractivity contribution in [3.63, 3.8) is 0 Å². The van der Waals surface area contributed by atoms with Crippen LogP contribution in [0.2, 0.25) is 0 Å². The van der Waals surface area contributed by atoms with Crippen molar-refractivity contribution in [1.82, 2.24) is 4.90 Å². The summed E-state index contributed by atoms with van der Waals surface area (Å²) in [5.74, 6) is 0. The van der Waals surface area contributed by atoms with Crippen molar-refractivity contribution >= 4 is 0 Å². The molecule has 1 saturated heterocycles. The van der Waals surface area contributed by atoms with Gasteiger partial charge in [-0.3, -0.25) is 4.90 Å². The second-order valence-electron chi connectivity index (χ2n) is 3.60. The van der Waals surface area contributed by atoms with E-state index < -0.39 is 12.2 Å². The molecular formula is C9H17NO2. The molecule has 1 fully saturated rings. The summed E-state index contributed by atoms with van der Waals surface area (Å²) in [6.07, 6.45) is -0.176. The molecule has 0 amide bonds. The van der Waals surface area contributed by atoms with Gasteiger partial charge in [0.15, 0.2) is 0 Å². The zero-order valence-electron chi connectivity index (χ0n) is 7.53. The average molecular weight is 171 g/mol. The van der Waals surface area contributed by atoms with Crippen LogP contribution in [-0.4, -0.2) is 47.0 Å². The fourth-order valence-electron chi connectivity index (χ4n) is 1.38. The van der Waals surface area contributed by atoms with Gasteiger partial charge in [0.25, 0.3) is 0 Å². The Morgan fingerprint density at radius 3 is 2.33 bits per heavy atom. The van der Waals surface area contributed by atoms with Gasteiger partial charge in [-0.1, -0.05) is 5.57 Å². The molecule has 1 rings (SSSR count). The molecule has 1 aliphatic rings. The smallest absolute Gasteiger partial charge is 0.0938 e. The highest BCUT2D eigenvalue weighted by Crippen LogP contribution is 2.11. The van der Waals surface area contributed by atoms with Gasteiger partial charge in [-0.2, -0.15) is 0 Å². The predicted octanol–water partition coefficient (Wildman–Crippen LogP) is -0.01000. The van der Waals surface area contributed by atoms with E-state index in [0.29, 0.717) is 13.1 Å². The number of likely N-dealkylation sites (tertiary alicyclic amines) is 1. The summed E-state index contributed by atoms with van der Waals surface area (Å²) in [4.78, 5) is 2.06. The second kappa shape index (κ2) is 4.03. The van der Waals surface area contributed by atoms with Gasteiger partial charge >= 0.3 is 0 Å². The fraction of sp³-hybridized carbons (Fsp3) is 0.778. The van der Waals surface area contributed by atoms with E-state index in [1.54, 1.807) is 0 Å². The van der Waals surface area contributed by atoms with E-state index in [2.05, 4.69) is 11.5 Å². The summed E-state index contributed by atoms with van der Waals surface area (Å²) in [7, 11) is 0. The number of hydrogen-bond acceptors (Lipinski definition) is 3. The van der Waals surface area contributed by atoms with Crippen LogP contribution >= 0.6 is 0 Å². The molecule has 2 N–H and O–H groups in total. The molecule has 0 aromatic carbocycles. The van der Waals surface area contributed by atoms with E-state index in [1.165, 1.54) is 0 Å². The monoisotopic (exact) mass is 171 g/mol. The third kappa shape index (κ3) is 2.59. The molecule has 12 heavy (non-hydrogen) atoms. The van der Waals surface area contributed by atoms with Crippen molar-refractivity contribution in [3.05, 3.63) is 12.2 Å². The van der Waals surface area contributed by atoms with Crippen LogP contribution < -0.4 is 0 Å². The summed E-state index contributed by atoms with van der Waals surface area (Å²) >= 11 is 0. The predicted molar refractivity (Wildman–Crippen MR) is 47.9 cm³/mol. The largest absolute Gasteiger partial charge is 0.389 e. The van der Waals surface area contributed by atoms with Crippen LogP contribution in [0.3, 0.4) is 0 Å². The van der Waals surface area contributed by atoms with Crippen LogP contribution in [0.5, 0.6) is 0 Å². The molecule has 0 bridgehead atoms. The lowest BCUT2D eigenvalue weighted by atomic mass is 10.2. The highest BCUT2D eigenvalue weighted by Gasteiger charge is 2.28. The number of nitrogens with zero attached hydrogens (tertiary/aromatic N) is 1. The normalized spacial score (nSPS) is 30.9. The lowest BCUT2D eigenvalue weighted by Crippen LogP contribution is -2.23. The molecule has 2 atom stereocenters. The molecular weight excluding hydrogens is 154 g/mol. The zero-order chi connectivity index (χ0) is 9.14. The summed E-state index contributed by atoms with van der Waals surface area (Å²) in [6, 6.07) is 0. The molecule has 0 saturated carbocycles. The van der Waals surface area contributed by atoms with Crippen molar-refractivity contribution in [1.29, 1.82) is 0 Å². The van der Waals surface area contributed by atoms with Crippen molar-refractivity contribution in [3.8, 4) is 0 Å². The number of aliphatic hydroxyl groups excluding tert-OH is 2. The molecule has 0 aromatic rings. The lowest BCUT2D eigenvalue weighted by Gasteiger charge is -2.13. The lowest BCUT2D eigenvalue weighted by molar-refractivity contribution is 0.0572. The van der Waals surface area contributed by atoms with E-state index >= 15 is 0 Å². The molecule has 70 valence electrons. The first-order chi connectivity index (χ1) is 5.59. The average Bonchev–Trinajstić information content (AvgIpc) is 2.28. The number of aliphatic hydroxyl groups is 2. The van der Waals surface area contributed by atoms with E-state index in [0.717, 1.165) is 18.5 Å². The molecule has 1 aliphatic heterocycles. The minimum Gasteiger partial charge on any atom is -0.389 e. The Kier molecular flexibility index (Phi) is 3.26. The topological polar surface area (TPSA) is 43.7 Å². The summed E-state index contributed by atoms with van der Waals surface area (Å²) in [6.45, 7) is 7.87. The van der Waals surface area contributed by atoms with Crippen LogP contribution in [0, 0.1) is 0 Å². The molecule has 0 aromatic heterocycles. The van der Waals surface area contributed by atoms with Gasteiger partial charge < -0.3 is 10.2 Å². The highest BCUT2D eigenvalue weighted by molar-refractivity contribution is 4.91. The number of β-amino-alcohol motifs (C(OH)–C–C–N with tert-alkyl or cyclic N) is 2. The summed E-state index contributed by atoms with van der Waals surface area (Å²) in [5.41, 5.74) is 1.14. The van der Waals surface area contributed by atoms with Gasteiger partial charge in [-0.15, -0.1) is 6.58 Å². The van der Waals surface area contributed by atoms with E-state index in [9.17, 15) is 10.2 Å². The maximum absolute atomic E-state index is 9.22. The molecule has 3 heteroatoms. The minimum atomic E-state index is -0.560.